The molecule has 80 valence electrons. The summed E-state index contributed by atoms with van der Waals surface area (Å²) in [4.78, 5) is 10.1. The van der Waals surface area contributed by atoms with Gasteiger partial charge in [-0.05, 0) is 6.92 Å². The van der Waals surface area contributed by atoms with E-state index in [-0.39, 0.29) is 5.69 Å². The number of hydrogen-bond acceptors (Lipinski definition) is 5. The van der Waals surface area contributed by atoms with Crippen molar-refractivity contribution in [3.05, 3.63) is 45.6 Å². The van der Waals surface area contributed by atoms with Crippen LogP contribution >= 0.6 is 0 Å². The summed E-state index contributed by atoms with van der Waals surface area (Å²) in [6.07, 6.45) is 0. The summed E-state index contributed by atoms with van der Waals surface area (Å²) in [6, 6.07) is 6.06. The molecule has 0 saturated heterocycles. The number of allylic oxidation sites excluding steroid dienone is 1. The highest BCUT2D eigenvalue weighted by Gasteiger charge is 2.08. The van der Waals surface area contributed by atoms with Crippen molar-refractivity contribution >= 4 is 11.4 Å². The van der Waals surface area contributed by atoms with E-state index in [2.05, 4.69) is 5.43 Å². The van der Waals surface area contributed by atoms with E-state index in [4.69, 9.17) is 11.6 Å². The third-order valence-electron chi connectivity index (χ3n) is 1.99. The number of hydrazine groups is 1. The first-order valence-electron chi connectivity index (χ1n) is 4.24. The van der Waals surface area contributed by atoms with Gasteiger partial charge in [-0.25, -0.2) is 0 Å². The fraction of sp³-hybridized carbons (Fsp3) is 0.111. The molecule has 0 aliphatic rings. The topological polar surface area (TPSA) is 107 Å². The molecule has 0 aliphatic carbocycles. The van der Waals surface area contributed by atoms with Gasteiger partial charge in [0.25, 0.3) is 5.69 Å². The fourth-order valence-electron chi connectivity index (χ4n) is 1.08. The van der Waals surface area contributed by atoms with Crippen LogP contribution in [0.4, 0.5) is 5.69 Å². The Kier molecular flexibility index (Phi) is 3.25. The van der Waals surface area contributed by atoms with Crippen molar-refractivity contribution in [3.8, 4) is 0 Å². The molecule has 1 aromatic rings. The van der Waals surface area contributed by atoms with E-state index in [1.165, 1.54) is 12.1 Å². The van der Waals surface area contributed by atoms with Gasteiger partial charge < -0.3 is 11.2 Å². The number of nitro benzene ring substituents is 1. The van der Waals surface area contributed by atoms with Gasteiger partial charge in [0.2, 0.25) is 0 Å². The van der Waals surface area contributed by atoms with Crippen LogP contribution in [0.3, 0.4) is 0 Å². The Hall–Kier alpha value is -2.08. The van der Waals surface area contributed by atoms with Crippen LogP contribution in [0.15, 0.2) is 30.0 Å². The zero-order valence-electron chi connectivity index (χ0n) is 8.23. The monoisotopic (exact) mass is 208 g/mol. The second kappa shape index (κ2) is 4.43. The molecule has 0 amide bonds. The Morgan fingerprint density at radius 2 is 2.20 bits per heavy atom. The molecule has 1 rings (SSSR count). The quantitative estimate of drug-likeness (QED) is 0.385. The van der Waals surface area contributed by atoms with Crippen molar-refractivity contribution in [2.45, 2.75) is 6.92 Å². The summed E-state index contributed by atoms with van der Waals surface area (Å²) >= 11 is 0. The van der Waals surface area contributed by atoms with Crippen LogP contribution in [0.25, 0.3) is 5.70 Å². The molecule has 0 bridgehead atoms. The number of hydrogen-bond donors (Lipinski definition) is 3. The van der Waals surface area contributed by atoms with E-state index in [1.54, 1.807) is 19.1 Å². The molecule has 6 nitrogen and oxygen atoms in total. The van der Waals surface area contributed by atoms with E-state index in [1.807, 2.05) is 0 Å². The van der Waals surface area contributed by atoms with Crippen LogP contribution in [-0.4, -0.2) is 4.92 Å². The van der Waals surface area contributed by atoms with E-state index < -0.39 is 4.92 Å². The molecule has 0 aromatic heterocycles. The molecule has 0 saturated carbocycles. The Morgan fingerprint density at radius 3 is 2.73 bits per heavy atom. The smallest absolute Gasteiger partial charge is 0.270 e. The average Bonchev–Trinajstić information content (AvgIpc) is 2.27. The molecule has 0 aliphatic heterocycles. The van der Waals surface area contributed by atoms with Crippen molar-refractivity contribution in [1.29, 1.82) is 0 Å². The van der Waals surface area contributed by atoms with Crippen molar-refractivity contribution < 1.29 is 4.92 Å². The first-order chi connectivity index (χ1) is 7.06. The summed E-state index contributed by atoms with van der Waals surface area (Å²) in [5.41, 5.74) is 9.65. The molecule has 0 atom stereocenters. The van der Waals surface area contributed by atoms with Gasteiger partial charge in [-0.1, -0.05) is 12.1 Å². The fourth-order valence-corrected chi connectivity index (χ4v) is 1.08. The predicted molar refractivity (Wildman–Crippen MR) is 57.2 cm³/mol. The minimum absolute atomic E-state index is 0.000251. The molecule has 0 heterocycles. The summed E-state index contributed by atoms with van der Waals surface area (Å²) in [7, 11) is 0. The molecule has 0 radical (unpaired) electrons. The van der Waals surface area contributed by atoms with E-state index in [9.17, 15) is 10.1 Å². The van der Waals surface area contributed by atoms with Crippen LogP contribution in [-0.2, 0) is 0 Å². The lowest BCUT2D eigenvalue weighted by Crippen LogP contribution is -2.22. The molecule has 6 heteroatoms. The molecular weight excluding hydrogens is 196 g/mol. The van der Waals surface area contributed by atoms with Gasteiger partial charge in [0.15, 0.2) is 0 Å². The Labute approximate surface area is 86.7 Å². The van der Waals surface area contributed by atoms with E-state index >= 15 is 0 Å². The lowest BCUT2D eigenvalue weighted by atomic mass is 10.1. The summed E-state index contributed by atoms with van der Waals surface area (Å²) in [5.74, 6) is 5.19. The summed E-state index contributed by atoms with van der Waals surface area (Å²) in [6.45, 7) is 1.69. The first-order valence-corrected chi connectivity index (χ1v) is 4.24. The zero-order chi connectivity index (χ0) is 11.4. The number of nitrogens with one attached hydrogen (secondary N) is 1. The number of nitro groups is 1. The lowest BCUT2D eigenvalue weighted by Gasteiger charge is -2.06. The van der Waals surface area contributed by atoms with Crippen molar-refractivity contribution in [2.24, 2.45) is 11.6 Å². The lowest BCUT2D eigenvalue weighted by molar-refractivity contribution is -0.384. The van der Waals surface area contributed by atoms with Gasteiger partial charge in [0.05, 0.1) is 10.6 Å². The van der Waals surface area contributed by atoms with Crippen molar-refractivity contribution in [1.82, 2.24) is 5.43 Å². The molecule has 1 aromatic carbocycles. The number of rotatable bonds is 3. The molecule has 15 heavy (non-hydrogen) atoms. The largest absolute Gasteiger partial charge is 0.397 e. The normalized spacial score (nSPS) is 11.9. The third-order valence-corrected chi connectivity index (χ3v) is 1.99. The molecule has 0 spiro atoms. The summed E-state index contributed by atoms with van der Waals surface area (Å²) in [5, 5.41) is 10.5. The number of nitrogens with two attached hydrogens (primary N) is 2. The van der Waals surface area contributed by atoms with Crippen LogP contribution in [0.5, 0.6) is 0 Å². The predicted octanol–water partition coefficient (Wildman–Crippen LogP) is 0.705. The van der Waals surface area contributed by atoms with Gasteiger partial charge in [-0.2, -0.15) is 0 Å². The molecule has 0 fully saturated rings. The van der Waals surface area contributed by atoms with Crippen LogP contribution < -0.4 is 17.0 Å². The minimum atomic E-state index is -0.470. The van der Waals surface area contributed by atoms with Gasteiger partial charge in [-0.15, -0.1) is 0 Å². The number of nitrogens with zero attached hydrogens (tertiary/aromatic N) is 1. The number of benzene rings is 1. The van der Waals surface area contributed by atoms with Gasteiger partial charge in [0.1, 0.15) is 0 Å². The first kappa shape index (κ1) is 11.0. The maximum Gasteiger partial charge on any atom is 0.270 e. The second-order valence-corrected chi connectivity index (χ2v) is 2.99. The average molecular weight is 208 g/mol. The molecular formula is C9H12N4O2. The Balaban J connectivity index is 3.16. The van der Waals surface area contributed by atoms with E-state index in [0.717, 1.165) is 0 Å². The van der Waals surface area contributed by atoms with Crippen LogP contribution in [0.2, 0.25) is 0 Å². The van der Waals surface area contributed by atoms with Gasteiger partial charge in [-0.3, -0.25) is 16.0 Å². The van der Waals surface area contributed by atoms with Crippen molar-refractivity contribution in [3.63, 3.8) is 0 Å². The highest BCUT2D eigenvalue weighted by Crippen LogP contribution is 2.18. The van der Waals surface area contributed by atoms with Crippen LogP contribution in [0, 0.1) is 10.1 Å². The maximum absolute atomic E-state index is 10.5. The standard InChI is InChI=1S/C9H12N4O2/c1-6(12-11)9(10)7-3-2-4-8(5-7)13(14)15/h2-5,12H,10-11H2,1H3/b9-6-. The Bertz CT molecular complexity index is 414. The number of non-ortho nitro benzene ring substituents is 1. The SMILES string of the molecule is C/C(NN)=C(/N)c1cccc([N+](=O)[O-])c1. The second-order valence-electron chi connectivity index (χ2n) is 2.99. The third kappa shape index (κ3) is 2.44. The zero-order valence-corrected chi connectivity index (χ0v) is 8.23. The minimum Gasteiger partial charge on any atom is -0.397 e. The van der Waals surface area contributed by atoms with Crippen molar-refractivity contribution in [2.75, 3.05) is 0 Å². The maximum atomic E-state index is 10.5. The van der Waals surface area contributed by atoms with Crippen LogP contribution in [0.1, 0.15) is 12.5 Å². The molecule has 0 unspecified atom stereocenters. The Morgan fingerprint density at radius 1 is 1.53 bits per heavy atom. The van der Waals surface area contributed by atoms with E-state index in [0.29, 0.717) is 17.0 Å². The highest BCUT2D eigenvalue weighted by molar-refractivity contribution is 5.66. The molecule has 5 N–H and O–H groups in total. The van der Waals surface area contributed by atoms with Gasteiger partial charge >= 0.3 is 0 Å². The van der Waals surface area contributed by atoms with Gasteiger partial charge in [0, 0.05) is 23.4 Å². The summed E-state index contributed by atoms with van der Waals surface area (Å²) < 4.78 is 0. The highest BCUT2D eigenvalue weighted by atomic mass is 16.6.